The van der Waals surface area contributed by atoms with Crippen LogP contribution in [0.4, 0.5) is 17.3 Å². The van der Waals surface area contributed by atoms with Gasteiger partial charge in [-0.1, -0.05) is 6.92 Å². The number of anilines is 3. The Morgan fingerprint density at radius 2 is 1.95 bits per heavy atom. The molecule has 6 heteroatoms. The van der Waals surface area contributed by atoms with Gasteiger partial charge in [-0.3, -0.25) is 0 Å². The third kappa shape index (κ3) is 3.39. The standard InChI is InChI=1S/C14H17BrN4O/c1-4-12-18-13(16-2)8-14(19-12)17-9-5-6-11(20-3)10(15)7-9/h5-8H,4H2,1-3H3,(H2,16,17,18,19). The highest BCUT2D eigenvalue weighted by Crippen LogP contribution is 2.29. The van der Waals surface area contributed by atoms with E-state index in [1.54, 1.807) is 7.11 Å². The Bertz CT molecular complexity index is 581. The molecule has 20 heavy (non-hydrogen) atoms. The minimum atomic E-state index is 0.762. The van der Waals surface area contributed by atoms with E-state index in [9.17, 15) is 0 Å². The number of ether oxygens (including phenoxy) is 1. The summed E-state index contributed by atoms with van der Waals surface area (Å²) < 4.78 is 6.11. The van der Waals surface area contributed by atoms with E-state index < -0.39 is 0 Å². The molecule has 2 aromatic rings. The van der Waals surface area contributed by atoms with Crippen LogP contribution in [-0.4, -0.2) is 24.1 Å². The summed E-state index contributed by atoms with van der Waals surface area (Å²) in [5.41, 5.74) is 0.931. The summed E-state index contributed by atoms with van der Waals surface area (Å²) in [7, 11) is 3.49. The van der Waals surface area contributed by atoms with E-state index in [0.29, 0.717) is 0 Å². The quantitative estimate of drug-likeness (QED) is 0.873. The minimum absolute atomic E-state index is 0.762. The van der Waals surface area contributed by atoms with E-state index in [4.69, 9.17) is 4.74 Å². The van der Waals surface area contributed by atoms with Gasteiger partial charge < -0.3 is 15.4 Å². The van der Waals surface area contributed by atoms with Crippen molar-refractivity contribution in [1.82, 2.24) is 9.97 Å². The second-order valence-corrected chi connectivity index (χ2v) is 4.99. The SMILES string of the molecule is CCc1nc(NC)cc(Nc2ccc(OC)c(Br)c2)n1. The maximum Gasteiger partial charge on any atom is 0.136 e. The average Bonchev–Trinajstić information content (AvgIpc) is 2.47. The van der Waals surface area contributed by atoms with E-state index in [1.807, 2.05) is 38.2 Å². The van der Waals surface area contributed by atoms with Gasteiger partial charge in [0.05, 0.1) is 11.6 Å². The summed E-state index contributed by atoms with van der Waals surface area (Å²) in [5.74, 6) is 3.15. The van der Waals surface area contributed by atoms with Crippen LogP contribution in [0.25, 0.3) is 0 Å². The van der Waals surface area contributed by atoms with E-state index >= 15 is 0 Å². The largest absolute Gasteiger partial charge is 0.496 e. The van der Waals surface area contributed by atoms with E-state index in [1.165, 1.54) is 0 Å². The second kappa shape index (κ2) is 6.56. The molecule has 0 saturated carbocycles. The van der Waals surface area contributed by atoms with Gasteiger partial charge in [0, 0.05) is 25.2 Å². The second-order valence-electron chi connectivity index (χ2n) is 4.13. The summed E-state index contributed by atoms with van der Waals surface area (Å²) in [4.78, 5) is 8.82. The van der Waals surface area contributed by atoms with Crippen LogP contribution in [-0.2, 0) is 6.42 Å². The topological polar surface area (TPSA) is 59.1 Å². The first kappa shape index (κ1) is 14.6. The predicted octanol–water partition coefficient (Wildman–Crippen LogP) is 3.60. The van der Waals surface area contributed by atoms with Crippen LogP contribution in [0.2, 0.25) is 0 Å². The molecule has 0 aliphatic rings. The lowest BCUT2D eigenvalue weighted by Gasteiger charge is -2.10. The smallest absolute Gasteiger partial charge is 0.136 e. The normalized spacial score (nSPS) is 10.2. The highest BCUT2D eigenvalue weighted by Gasteiger charge is 2.05. The molecule has 0 atom stereocenters. The molecule has 5 nitrogen and oxygen atoms in total. The average molecular weight is 337 g/mol. The number of aryl methyl sites for hydroxylation is 1. The molecule has 0 bridgehead atoms. The maximum atomic E-state index is 5.21. The molecule has 0 fully saturated rings. The van der Waals surface area contributed by atoms with Crippen LogP contribution in [0.5, 0.6) is 5.75 Å². The number of methoxy groups -OCH3 is 1. The molecule has 1 heterocycles. The number of rotatable bonds is 5. The number of hydrogen-bond acceptors (Lipinski definition) is 5. The van der Waals surface area contributed by atoms with Crippen molar-refractivity contribution in [3.05, 3.63) is 34.6 Å². The Kier molecular flexibility index (Phi) is 4.79. The van der Waals surface area contributed by atoms with E-state index in [-0.39, 0.29) is 0 Å². The summed E-state index contributed by atoms with van der Waals surface area (Å²) >= 11 is 3.47. The summed E-state index contributed by atoms with van der Waals surface area (Å²) in [6.45, 7) is 2.03. The van der Waals surface area contributed by atoms with Crippen molar-refractivity contribution in [1.29, 1.82) is 0 Å². The fraction of sp³-hybridized carbons (Fsp3) is 0.286. The first-order valence-electron chi connectivity index (χ1n) is 6.32. The Morgan fingerprint density at radius 3 is 2.55 bits per heavy atom. The zero-order valence-electron chi connectivity index (χ0n) is 11.7. The van der Waals surface area contributed by atoms with Crippen LogP contribution in [0.15, 0.2) is 28.7 Å². The molecule has 1 aromatic carbocycles. The van der Waals surface area contributed by atoms with Crippen molar-refractivity contribution in [3.8, 4) is 5.75 Å². The fourth-order valence-corrected chi connectivity index (χ4v) is 2.28. The molecule has 0 saturated heterocycles. The molecule has 0 amide bonds. The zero-order chi connectivity index (χ0) is 14.5. The summed E-state index contributed by atoms with van der Waals surface area (Å²) in [5, 5.41) is 6.31. The molecule has 106 valence electrons. The number of aromatic nitrogens is 2. The molecule has 2 rings (SSSR count). The first-order chi connectivity index (χ1) is 9.66. The number of benzene rings is 1. The van der Waals surface area contributed by atoms with Gasteiger partial charge in [-0.15, -0.1) is 0 Å². The van der Waals surface area contributed by atoms with Gasteiger partial charge in [-0.25, -0.2) is 9.97 Å². The van der Waals surface area contributed by atoms with E-state index in [2.05, 4.69) is 36.5 Å². The molecule has 0 unspecified atom stereocenters. The van der Waals surface area contributed by atoms with Gasteiger partial charge in [0.25, 0.3) is 0 Å². The van der Waals surface area contributed by atoms with Gasteiger partial charge in [0.2, 0.25) is 0 Å². The van der Waals surface area contributed by atoms with Crippen LogP contribution >= 0.6 is 15.9 Å². The van der Waals surface area contributed by atoms with Gasteiger partial charge >= 0.3 is 0 Å². The van der Waals surface area contributed by atoms with Crippen molar-refractivity contribution in [2.75, 3.05) is 24.8 Å². The maximum absolute atomic E-state index is 5.21. The zero-order valence-corrected chi connectivity index (χ0v) is 13.3. The third-order valence-electron chi connectivity index (χ3n) is 2.77. The Labute approximate surface area is 126 Å². The fourth-order valence-electron chi connectivity index (χ4n) is 1.74. The number of nitrogens with one attached hydrogen (secondary N) is 2. The Morgan fingerprint density at radius 1 is 1.20 bits per heavy atom. The molecular formula is C14H17BrN4O. The molecule has 0 radical (unpaired) electrons. The molecular weight excluding hydrogens is 320 g/mol. The number of nitrogens with zero attached hydrogens (tertiary/aromatic N) is 2. The lowest BCUT2D eigenvalue weighted by Crippen LogP contribution is -2.03. The Balaban J connectivity index is 2.27. The highest BCUT2D eigenvalue weighted by molar-refractivity contribution is 9.10. The summed E-state index contributed by atoms with van der Waals surface area (Å²) in [6, 6.07) is 7.66. The van der Waals surface area contributed by atoms with Crippen LogP contribution in [0.3, 0.4) is 0 Å². The molecule has 1 aromatic heterocycles. The van der Waals surface area contributed by atoms with Crippen LogP contribution < -0.4 is 15.4 Å². The lowest BCUT2D eigenvalue weighted by atomic mass is 10.3. The predicted molar refractivity (Wildman–Crippen MR) is 84.9 cm³/mol. The third-order valence-corrected chi connectivity index (χ3v) is 3.39. The Hall–Kier alpha value is -1.82. The van der Waals surface area contributed by atoms with Gasteiger partial charge in [0.1, 0.15) is 23.2 Å². The van der Waals surface area contributed by atoms with Crippen molar-refractivity contribution in [2.24, 2.45) is 0 Å². The first-order valence-corrected chi connectivity index (χ1v) is 7.11. The van der Waals surface area contributed by atoms with Crippen molar-refractivity contribution in [3.63, 3.8) is 0 Å². The van der Waals surface area contributed by atoms with Crippen molar-refractivity contribution < 1.29 is 4.74 Å². The molecule has 2 N–H and O–H groups in total. The van der Waals surface area contributed by atoms with Crippen LogP contribution in [0, 0.1) is 0 Å². The minimum Gasteiger partial charge on any atom is -0.496 e. The van der Waals surface area contributed by atoms with Gasteiger partial charge in [0.15, 0.2) is 0 Å². The lowest BCUT2D eigenvalue weighted by molar-refractivity contribution is 0.412. The van der Waals surface area contributed by atoms with Gasteiger partial charge in [-0.2, -0.15) is 0 Å². The summed E-state index contributed by atoms with van der Waals surface area (Å²) in [6.07, 6.45) is 0.788. The van der Waals surface area contributed by atoms with Crippen molar-refractivity contribution >= 4 is 33.3 Å². The van der Waals surface area contributed by atoms with Crippen LogP contribution in [0.1, 0.15) is 12.7 Å². The monoisotopic (exact) mass is 336 g/mol. The molecule has 0 aliphatic carbocycles. The van der Waals surface area contributed by atoms with Crippen molar-refractivity contribution in [2.45, 2.75) is 13.3 Å². The highest BCUT2D eigenvalue weighted by atomic mass is 79.9. The molecule has 0 aliphatic heterocycles. The van der Waals surface area contributed by atoms with E-state index in [0.717, 1.165) is 39.8 Å². The number of halogens is 1. The molecule has 0 spiro atoms. The van der Waals surface area contributed by atoms with Gasteiger partial charge in [-0.05, 0) is 34.1 Å². The number of hydrogen-bond donors (Lipinski definition) is 2.